The molecule has 1 N–H and O–H groups in total. The average Bonchev–Trinajstić information content (AvgIpc) is 3.11. The van der Waals surface area contributed by atoms with Crippen LogP contribution in [0, 0.1) is 23.2 Å². The molecule has 0 radical (unpaired) electrons. The predicted molar refractivity (Wildman–Crippen MR) is 130 cm³/mol. The van der Waals surface area contributed by atoms with Gasteiger partial charge in [-0.05, 0) is 86.1 Å². The van der Waals surface area contributed by atoms with E-state index in [1.54, 1.807) is 0 Å². The van der Waals surface area contributed by atoms with Crippen LogP contribution in [0.4, 0.5) is 0 Å². The summed E-state index contributed by atoms with van der Waals surface area (Å²) in [5, 5.41) is 3.33. The molecule has 5 heteroatoms. The Balaban J connectivity index is 1.18. The lowest BCUT2D eigenvalue weighted by atomic mass is 9.49. The van der Waals surface area contributed by atoms with E-state index in [-0.39, 0.29) is 5.41 Å². The molecule has 4 saturated carbocycles. The molecular weight excluding hydrogens is 462 g/mol. The van der Waals surface area contributed by atoms with Crippen molar-refractivity contribution < 1.29 is 4.79 Å². The first-order chi connectivity index (χ1) is 15.6. The molecule has 4 bridgehead atoms. The Morgan fingerprint density at radius 1 is 1.00 bits per heavy atom. The summed E-state index contributed by atoms with van der Waals surface area (Å²) >= 11 is 3.52. The maximum atomic E-state index is 13.3. The van der Waals surface area contributed by atoms with Gasteiger partial charge in [0.1, 0.15) is 5.82 Å². The number of nitrogens with one attached hydrogen (secondary N) is 1. The molecule has 166 valence electrons. The van der Waals surface area contributed by atoms with Gasteiger partial charge >= 0.3 is 0 Å². The molecule has 0 aliphatic heterocycles. The van der Waals surface area contributed by atoms with Gasteiger partial charge in [-0.25, -0.2) is 4.98 Å². The van der Waals surface area contributed by atoms with Crippen LogP contribution < -0.4 is 5.32 Å². The summed E-state index contributed by atoms with van der Waals surface area (Å²) in [6, 6.07) is 16.8. The van der Waals surface area contributed by atoms with E-state index in [4.69, 9.17) is 4.98 Å². The third-order valence-electron chi connectivity index (χ3n) is 8.14. The maximum Gasteiger partial charge on any atom is 0.226 e. The van der Waals surface area contributed by atoms with Gasteiger partial charge in [0.05, 0.1) is 11.0 Å². The van der Waals surface area contributed by atoms with Gasteiger partial charge in [0, 0.05) is 29.4 Å². The quantitative estimate of drug-likeness (QED) is 0.478. The minimum absolute atomic E-state index is 0.0771. The van der Waals surface area contributed by atoms with E-state index in [2.05, 4.69) is 68.3 Å². The number of nitrogens with zero attached hydrogens (tertiary/aromatic N) is 2. The Morgan fingerprint density at radius 3 is 2.34 bits per heavy atom. The standard InChI is InChI=1S/C27H30BrN3O/c28-22-7-5-18(6-8-22)17-31-24-4-2-1-3-23(24)30-25(31)9-10-29-26(32)27-14-19-11-20(15-27)13-21(12-19)16-27/h1-8,19-21H,9-17H2,(H,29,32). The van der Waals surface area contributed by atoms with Crippen LogP contribution in [0.5, 0.6) is 0 Å². The number of halogens is 1. The van der Waals surface area contributed by atoms with Crippen LogP contribution in [0.1, 0.15) is 49.9 Å². The predicted octanol–water partition coefficient (Wildman–Crippen LogP) is 5.72. The van der Waals surface area contributed by atoms with E-state index < -0.39 is 0 Å². The number of aromatic nitrogens is 2. The van der Waals surface area contributed by atoms with Crippen molar-refractivity contribution in [3.8, 4) is 0 Å². The van der Waals surface area contributed by atoms with Crippen molar-refractivity contribution in [2.24, 2.45) is 23.2 Å². The van der Waals surface area contributed by atoms with E-state index in [0.717, 1.165) is 71.3 Å². The number of carbonyl (C=O) groups is 1. The number of benzene rings is 2. The molecule has 4 aliphatic carbocycles. The summed E-state index contributed by atoms with van der Waals surface area (Å²) in [7, 11) is 0. The molecule has 7 rings (SSSR count). The molecule has 4 aliphatic rings. The molecule has 2 aromatic carbocycles. The number of para-hydroxylation sites is 2. The molecule has 1 heterocycles. The average molecular weight is 492 g/mol. The van der Waals surface area contributed by atoms with E-state index in [1.165, 1.54) is 24.8 Å². The van der Waals surface area contributed by atoms with Gasteiger partial charge in [0.25, 0.3) is 0 Å². The van der Waals surface area contributed by atoms with Crippen LogP contribution in [-0.2, 0) is 17.8 Å². The first-order valence-corrected chi connectivity index (χ1v) is 12.8. The van der Waals surface area contributed by atoms with Gasteiger partial charge in [-0.2, -0.15) is 0 Å². The second kappa shape index (κ2) is 8.02. The topological polar surface area (TPSA) is 46.9 Å². The lowest BCUT2D eigenvalue weighted by molar-refractivity contribution is -0.146. The third kappa shape index (κ3) is 3.68. The number of hydrogen-bond acceptors (Lipinski definition) is 2. The fourth-order valence-electron chi connectivity index (χ4n) is 7.13. The van der Waals surface area contributed by atoms with Crippen molar-refractivity contribution >= 4 is 32.9 Å². The Hall–Kier alpha value is -2.14. The van der Waals surface area contributed by atoms with Crippen LogP contribution in [0.15, 0.2) is 53.0 Å². The Labute approximate surface area is 197 Å². The number of carbonyl (C=O) groups excluding carboxylic acids is 1. The minimum atomic E-state index is -0.0771. The van der Waals surface area contributed by atoms with Crippen LogP contribution in [0.3, 0.4) is 0 Å². The third-order valence-corrected chi connectivity index (χ3v) is 8.67. The fraction of sp³-hybridized carbons (Fsp3) is 0.481. The molecular formula is C27H30BrN3O. The summed E-state index contributed by atoms with van der Waals surface area (Å²) in [5.74, 6) is 3.73. The fourth-order valence-corrected chi connectivity index (χ4v) is 7.39. The second-order valence-corrected chi connectivity index (χ2v) is 11.3. The maximum absolute atomic E-state index is 13.3. The largest absolute Gasteiger partial charge is 0.355 e. The lowest BCUT2D eigenvalue weighted by Crippen LogP contribution is -2.53. The van der Waals surface area contributed by atoms with Gasteiger partial charge < -0.3 is 9.88 Å². The van der Waals surface area contributed by atoms with Crippen molar-refractivity contribution in [3.05, 3.63) is 64.4 Å². The highest BCUT2D eigenvalue weighted by atomic mass is 79.9. The first-order valence-electron chi connectivity index (χ1n) is 12.0. The Kier molecular flexibility index (Phi) is 5.13. The number of imidazole rings is 1. The smallest absolute Gasteiger partial charge is 0.226 e. The molecule has 4 nitrogen and oxygen atoms in total. The zero-order valence-corrected chi connectivity index (χ0v) is 20.0. The van der Waals surface area contributed by atoms with Crippen LogP contribution in [-0.4, -0.2) is 22.0 Å². The van der Waals surface area contributed by atoms with Gasteiger partial charge in [-0.1, -0.05) is 40.2 Å². The van der Waals surface area contributed by atoms with E-state index in [0.29, 0.717) is 12.5 Å². The van der Waals surface area contributed by atoms with Gasteiger partial charge in [-0.15, -0.1) is 0 Å². The summed E-state index contributed by atoms with van der Waals surface area (Å²) in [4.78, 5) is 18.2. The summed E-state index contributed by atoms with van der Waals surface area (Å²) in [6.45, 7) is 1.44. The molecule has 1 aromatic heterocycles. The molecule has 0 saturated heterocycles. The highest BCUT2D eigenvalue weighted by molar-refractivity contribution is 9.10. The summed E-state index contributed by atoms with van der Waals surface area (Å²) < 4.78 is 3.39. The monoisotopic (exact) mass is 491 g/mol. The highest BCUT2D eigenvalue weighted by Crippen LogP contribution is 2.60. The van der Waals surface area contributed by atoms with Crippen LogP contribution in [0.2, 0.25) is 0 Å². The molecule has 4 fully saturated rings. The molecule has 0 spiro atoms. The summed E-state index contributed by atoms with van der Waals surface area (Å²) in [6.07, 6.45) is 8.21. The molecule has 3 aromatic rings. The molecule has 1 amide bonds. The van der Waals surface area contributed by atoms with E-state index in [9.17, 15) is 4.79 Å². The van der Waals surface area contributed by atoms with Gasteiger partial charge in [-0.3, -0.25) is 4.79 Å². The van der Waals surface area contributed by atoms with Crippen molar-refractivity contribution in [3.63, 3.8) is 0 Å². The van der Waals surface area contributed by atoms with E-state index in [1.807, 2.05) is 6.07 Å². The number of fused-ring (bicyclic) bond motifs is 1. The van der Waals surface area contributed by atoms with E-state index >= 15 is 0 Å². The zero-order chi connectivity index (χ0) is 21.7. The normalized spacial score (nSPS) is 28.3. The Morgan fingerprint density at radius 2 is 1.66 bits per heavy atom. The molecule has 32 heavy (non-hydrogen) atoms. The van der Waals surface area contributed by atoms with Gasteiger partial charge in [0.2, 0.25) is 5.91 Å². The molecule has 0 atom stereocenters. The zero-order valence-electron chi connectivity index (χ0n) is 18.4. The number of hydrogen-bond donors (Lipinski definition) is 1. The highest BCUT2D eigenvalue weighted by Gasteiger charge is 2.54. The SMILES string of the molecule is O=C(NCCc1nc2ccccc2n1Cc1ccc(Br)cc1)C12CC3CC(CC(C3)C1)C2. The summed E-state index contributed by atoms with van der Waals surface area (Å²) in [5.41, 5.74) is 3.34. The number of amides is 1. The second-order valence-electron chi connectivity index (χ2n) is 10.4. The van der Waals surface area contributed by atoms with Crippen molar-refractivity contribution in [2.75, 3.05) is 6.54 Å². The lowest BCUT2D eigenvalue weighted by Gasteiger charge is -2.55. The minimum Gasteiger partial charge on any atom is -0.355 e. The van der Waals surface area contributed by atoms with Crippen molar-refractivity contribution in [1.82, 2.24) is 14.9 Å². The van der Waals surface area contributed by atoms with Crippen molar-refractivity contribution in [1.29, 1.82) is 0 Å². The Bertz CT molecular complexity index is 1110. The van der Waals surface area contributed by atoms with Crippen molar-refractivity contribution in [2.45, 2.75) is 51.5 Å². The first kappa shape index (κ1) is 20.5. The van der Waals surface area contributed by atoms with Crippen LogP contribution in [0.25, 0.3) is 11.0 Å². The van der Waals surface area contributed by atoms with Crippen LogP contribution >= 0.6 is 15.9 Å². The molecule has 0 unspecified atom stereocenters. The van der Waals surface area contributed by atoms with Gasteiger partial charge in [0.15, 0.2) is 0 Å². The number of rotatable bonds is 6.